The van der Waals surface area contributed by atoms with Crippen LogP contribution in [0.1, 0.15) is 51.1 Å². The monoisotopic (exact) mass is 446 g/mol. The summed E-state index contributed by atoms with van der Waals surface area (Å²) in [5, 5.41) is 8.28. The van der Waals surface area contributed by atoms with Gasteiger partial charge >= 0.3 is 0 Å². The maximum Gasteiger partial charge on any atom is 0.275 e. The highest BCUT2D eigenvalue weighted by Crippen LogP contribution is 2.27. The fraction of sp³-hybridized carbons (Fsp3) is 0.667. The summed E-state index contributed by atoms with van der Waals surface area (Å²) in [6.45, 7) is 5.71. The van der Waals surface area contributed by atoms with Crippen LogP contribution in [0.3, 0.4) is 0 Å². The van der Waals surface area contributed by atoms with Gasteiger partial charge < -0.3 is 15.1 Å². The maximum atomic E-state index is 12.5. The van der Waals surface area contributed by atoms with Crippen molar-refractivity contribution >= 4 is 33.2 Å². The van der Waals surface area contributed by atoms with Crippen LogP contribution >= 0.6 is 11.3 Å². The summed E-state index contributed by atoms with van der Waals surface area (Å²) in [5.74, 6) is 0.322. The molecule has 4 rings (SSSR count). The Balaban J connectivity index is 1.26. The van der Waals surface area contributed by atoms with Gasteiger partial charge in [-0.2, -0.15) is 4.52 Å². The first-order valence-corrected chi connectivity index (χ1v) is 12.1. The van der Waals surface area contributed by atoms with E-state index in [1.165, 1.54) is 15.9 Å². The molecule has 0 saturated carbocycles. The average Bonchev–Trinajstić information content (AvgIpc) is 3.38. The number of aromatic nitrogens is 3. The number of carbonyl (C=O) groups is 2. The van der Waals surface area contributed by atoms with Crippen LogP contribution in [0.2, 0.25) is 0 Å². The second kappa shape index (κ2) is 9.76. The van der Waals surface area contributed by atoms with Crippen LogP contribution in [-0.2, 0) is 16.0 Å². The zero-order valence-corrected chi connectivity index (χ0v) is 18.8. The fourth-order valence-electron chi connectivity index (χ4n) is 4.26. The molecule has 2 aliphatic rings. The van der Waals surface area contributed by atoms with Gasteiger partial charge in [0, 0.05) is 56.8 Å². The molecule has 2 aliphatic heterocycles. The van der Waals surface area contributed by atoms with Crippen molar-refractivity contribution in [3.8, 4) is 0 Å². The summed E-state index contributed by atoms with van der Waals surface area (Å²) in [4.78, 5) is 45.7. The Hall–Kier alpha value is -2.49. The lowest BCUT2D eigenvalue weighted by Crippen LogP contribution is -2.41. The molecule has 0 bridgehead atoms. The Labute approximate surface area is 185 Å². The highest BCUT2D eigenvalue weighted by atomic mass is 32.1. The first kappa shape index (κ1) is 21.7. The van der Waals surface area contributed by atoms with Crippen molar-refractivity contribution in [3.63, 3.8) is 0 Å². The first-order chi connectivity index (χ1) is 15.0. The maximum absolute atomic E-state index is 12.5. The lowest BCUT2D eigenvalue weighted by atomic mass is 9.96. The second-order valence-electron chi connectivity index (χ2n) is 8.30. The van der Waals surface area contributed by atoms with Crippen molar-refractivity contribution in [2.75, 3.05) is 37.6 Å². The zero-order valence-electron chi connectivity index (χ0n) is 18.0. The van der Waals surface area contributed by atoms with Gasteiger partial charge in [0.05, 0.1) is 0 Å². The quantitative estimate of drug-likeness (QED) is 0.616. The van der Waals surface area contributed by atoms with Gasteiger partial charge in [-0.25, -0.2) is 4.98 Å². The van der Waals surface area contributed by atoms with Crippen molar-refractivity contribution in [1.82, 2.24) is 24.8 Å². The van der Waals surface area contributed by atoms with E-state index in [4.69, 9.17) is 0 Å². The zero-order chi connectivity index (χ0) is 21.8. The van der Waals surface area contributed by atoms with Gasteiger partial charge in [0.15, 0.2) is 0 Å². The molecular formula is C21H30N6O3S. The summed E-state index contributed by atoms with van der Waals surface area (Å²) in [5.41, 5.74) is 0.674. The predicted octanol–water partition coefficient (Wildman–Crippen LogP) is 1.45. The molecule has 0 atom stereocenters. The number of carbonyl (C=O) groups excluding carboxylic acids is 2. The summed E-state index contributed by atoms with van der Waals surface area (Å²) < 4.78 is 1.38. The lowest BCUT2D eigenvalue weighted by Gasteiger charge is -2.30. The Bertz CT molecular complexity index is 995. The van der Waals surface area contributed by atoms with Gasteiger partial charge in [0.1, 0.15) is 0 Å². The van der Waals surface area contributed by atoms with Gasteiger partial charge in [0.2, 0.25) is 21.9 Å². The minimum Gasteiger partial charge on any atom is -0.356 e. The smallest absolute Gasteiger partial charge is 0.275 e. The number of piperidine rings is 1. The molecule has 0 unspecified atom stereocenters. The van der Waals surface area contributed by atoms with Crippen molar-refractivity contribution in [3.05, 3.63) is 22.1 Å². The number of likely N-dealkylation sites (tertiary alicyclic amines) is 1. The number of fused-ring (bicyclic) bond motifs is 1. The number of nitrogens with zero attached hydrogens (tertiary/aromatic N) is 5. The highest BCUT2D eigenvalue weighted by molar-refractivity contribution is 7.20. The number of aryl methyl sites for hydroxylation is 1. The van der Waals surface area contributed by atoms with Crippen molar-refractivity contribution in [2.45, 2.75) is 51.9 Å². The van der Waals surface area contributed by atoms with E-state index in [-0.39, 0.29) is 23.3 Å². The topological polar surface area (TPSA) is 99.9 Å². The SMILES string of the molecule is CCCc1cc(=O)n2nc(N3CCC(C(=O)NCCCN4CCCC4=O)CC3)sc2n1. The standard InChI is InChI=1S/C21H30N6O3S/c1-2-5-16-14-18(29)27-20(23-16)31-21(24-27)26-12-7-15(8-13-26)19(30)22-9-4-11-25-10-3-6-17(25)28/h14-15H,2-13H2,1H3,(H,22,30). The third kappa shape index (κ3) is 5.06. The van der Waals surface area contributed by atoms with E-state index < -0.39 is 0 Å². The summed E-state index contributed by atoms with van der Waals surface area (Å²) in [6, 6.07) is 1.57. The molecule has 0 aromatic carbocycles. The van der Waals surface area contributed by atoms with E-state index in [1.54, 1.807) is 6.07 Å². The Morgan fingerprint density at radius 1 is 1.26 bits per heavy atom. The molecule has 2 amide bonds. The van der Waals surface area contributed by atoms with Gasteiger partial charge in [-0.15, -0.1) is 5.10 Å². The lowest BCUT2D eigenvalue weighted by molar-refractivity contribution is -0.127. The van der Waals surface area contributed by atoms with Crippen LogP contribution in [-0.4, -0.2) is 64.0 Å². The third-order valence-electron chi connectivity index (χ3n) is 6.01. The van der Waals surface area contributed by atoms with Crippen LogP contribution in [0.15, 0.2) is 10.9 Å². The van der Waals surface area contributed by atoms with E-state index in [0.717, 1.165) is 75.5 Å². The average molecular weight is 447 g/mol. The van der Waals surface area contributed by atoms with E-state index in [9.17, 15) is 14.4 Å². The van der Waals surface area contributed by atoms with Crippen molar-refractivity contribution in [2.24, 2.45) is 5.92 Å². The first-order valence-electron chi connectivity index (χ1n) is 11.3. The Morgan fingerprint density at radius 3 is 2.77 bits per heavy atom. The highest BCUT2D eigenvalue weighted by Gasteiger charge is 2.27. The largest absolute Gasteiger partial charge is 0.356 e. The van der Waals surface area contributed by atoms with Crippen molar-refractivity contribution < 1.29 is 9.59 Å². The minimum absolute atomic E-state index is 0.00366. The molecule has 2 aromatic heterocycles. The van der Waals surface area contributed by atoms with E-state index in [0.29, 0.717) is 17.9 Å². The normalized spacial score (nSPS) is 17.6. The predicted molar refractivity (Wildman–Crippen MR) is 120 cm³/mol. The van der Waals surface area contributed by atoms with Gasteiger partial charge in [-0.05, 0) is 32.1 Å². The van der Waals surface area contributed by atoms with Gasteiger partial charge in [-0.1, -0.05) is 24.7 Å². The molecule has 9 nitrogen and oxygen atoms in total. The molecule has 0 aliphatic carbocycles. The van der Waals surface area contributed by atoms with Crippen LogP contribution < -0.4 is 15.8 Å². The molecule has 0 radical (unpaired) electrons. The third-order valence-corrected chi connectivity index (χ3v) is 6.97. The summed E-state index contributed by atoms with van der Waals surface area (Å²) >= 11 is 1.43. The summed E-state index contributed by atoms with van der Waals surface area (Å²) in [6.07, 6.45) is 5.65. The molecule has 10 heteroatoms. The molecule has 0 spiro atoms. The number of hydrogen-bond acceptors (Lipinski definition) is 7. The minimum atomic E-state index is -0.138. The van der Waals surface area contributed by atoms with Crippen LogP contribution in [0.5, 0.6) is 0 Å². The fourth-order valence-corrected chi connectivity index (χ4v) is 5.24. The molecule has 31 heavy (non-hydrogen) atoms. The van der Waals surface area contributed by atoms with E-state index >= 15 is 0 Å². The van der Waals surface area contributed by atoms with E-state index in [1.807, 2.05) is 4.90 Å². The molecule has 2 saturated heterocycles. The van der Waals surface area contributed by atoms with Crippen molar-refractivity contribution in [1.29, 1.82) is 0 Å². The number of amides is 2. The molecule has 2 fully saturated rings. The number of rotatable bonds is 8. The Kier molecular flexibility index (Phi) is 6.84. The van der Waals surface area contributed by atoms with Crippen LogP contribution in [0.4, 0.5) is 5.13 Å². The van der Waals surface area contributed by atoms with Crippen LogP contribution in [0, 0.1) is 5.92 Å². The van der Waals surface area contributed by atoms with Crippen LogP contribution in [0.25, 0.3) is 4.96 Å². The number of anilines is 1. The molecular weight excluding hydrogens is 416 g/mol. The molecule has 2 aromatic rings. The number of hydrogen-bond donors (Lipinski definition) is 1. The molecule has 168 valence electrons. The molecule has 4 heterocycles. The van der Waals surface area contributed by atoms with E-state index in [2.05, 4.69) is 27.2 Å². The molecule has 1 N–H and O–H groups in total. The second-order valence-corrected chi connectivity index (χ2v) is 9.24. The van der Waals surface area contributed by atoms with Gasteiger partial charge in [0.25, 0.3) is 5.56 Å². The summed E-state index contributed by atoms with van der Waals surface area (Å²) in [7, 11) is 0. The van der Waals surface area contributed by atoms with Gasteiger partial charge in [-0.3, -0.25) is 14.4 Å². The Morgan fingerprint density at radius 2 is 2.06 bits per heavy atom. The number of nitrogens with one attached hydrogen (secondary N) is 1.